The fraction of sp³-hybridized carbons (Fsp3) is 0.643. The smallest absolute Gasteiger partial charge is 0.213 e. The van der Waals surface area contributed by atoms with Crippen LogP contribution in [0.4, 0.5) is 0 Å². The van der Waals surface area contributed by atoms with Crippen molar-refractivity contribution in [2.45, 2.75) is 45.6 Å². The van der Waals surface area contributed by atoms with Crippen LogP contribution in [0.3, 0.4) is 0 Å². The zero-order valence-electron chi connectivity index (χ0n) is 11.0. The third-order valence-corrected chi connectivity index (χ3v) is 3.03. The van der Waals surface area contributed by atoms with Crippen LogP contribution in [-0.2, 0) is 12.0 Å². The summed E-state index contributed by atoms with van der Waals surface area (Å²) in [4.78, 5) is 4.57. The number of nitrogens with zero attached hydrogens (tertiary/aromatic N) is 1. The molecule has 0 spiro atoms. The molecule has 0 amide bonds. The molecule has 0 radical (unpaired) electrons. The van der Waals surface area contributed by atoms with Crippen LogP contribution in [0.25, 0.3) is 0 Å². The Kier molecular flexibility index (Phi) is 3.38. The minimum atomic E-state index is 0.0306. The zero-order valence-corrected chi connectivity index (χ0v) is 11.0. The first-order valence-electron chi connectivity index (χ1n) is 6.33. The quantitative estimate of drug-likeness (QED) is 0.871. The molecule has 0 bridgehead atoms. The Balaban J connectivity index is 2.18. The highest BCUT2D eigenvalue weighted by molar-refractivity contribution is 5.28. The monoisotopic (exact) mass is 234 g/mol. The number of rotatable bonds is 4. The van der Waals surface area contributed by atoms with Gasteiger partial charge in [-0.2, -0.15) is 0 Å². The van der Waals surface area contributed by atoms with Crippen molar-refractivity contribution in [1.82, 2.24) is 4.98 Å². The van der Waals surface area contributed by atoms with Crippen LogP contribution >= 0.6 is 0 Å². The molecule has 0 aliphatic heterocycles. The van der Waals surface area contributed by atoms with Gasteiger partial charge in [-0.1, -0.05) is 20.8 Å². The molecular weight excluding hydrogens is 212 g/mol. The predicted molar refractivity (Wildman–Crippen MR) is 69.0 cm³/mol. The standard InChI is InChI=1S/C14H22N2O/c1-14(2,3)12-6-11(8-15)7-13(16-12)17-9-10-4-5-10/h6-7,10H,4-5,8-9,15H2,1-3H3. The van der Waals surface area contributed by atoms with E-state index in [0.717, 1.165) is 29.7 Å². The summed E-state index contributed by atoms with van der Waals surface area (Å²) in [5.74, 6) is 1.47. The lowest BCUT2D eigenvalue weighted by Crippen LogP contribution is -2.15. The van der Waals surface area contributed by atoms with Gasteiger partial charge >= 0.3 is 0 Å². The van der Waals surface area contributed by atoms with Crippen LogP contribution < -0.4 is 10.5 Å². The van der Waals surface area contributed by atoms with Crippen molar-refractivity contribution in [1.29, 1.82) is 0 Å². The number of ether oxygens (including phenoxy) is 1. The molecule has 1 aliphatic rings. The lowest BCUT2D eigenvalue weighted by Gasteiger charge is -2.19. The third kappa shape index (κ3) is 3.43. The molecular formula is C14H22N2O. The van der Waals surface area contributed by atoms with E-state index in [1.807, 2.05) is 6.07 Å². The zero-order chi connectivity index (χ0) is 12.5. The van der Waals surface area contributed by atoms with E-state index in [1.54, 1.807) is 0 Å². The van der Waals surface area contributed by atoms with Crippen LogP contribution in [0, 0.1) is 5.92 Å². The summed E-state index contributed by atoms with van der Waals surface area (Å²) >= 11 is 0. The lowest BCUT2D eigenvalue weighted by atomic mass is 9.91. The van der Waals surface area contributed by atoms with Gasteiger partial charge in [0, 0.05) is 18.0 Å². The van der Waals surface area contributed by atoms with E-state index < -0.39 is 0 Å². The second-order valence-electron chi connectivity index (χ2n) is 5.91. The summed E-state index contributed by atoms with van der Waals surface area (Å²) in [6, 6.07) is 4.03. The maximum atomic E-state index is 5.74. The predicted octanol–water partition coefficient (Wildman–Crippen LogP) is 2.63. The van der Waals surface area contributed by atoms with Crippen molar-refractivity contribution < 1.29 is 4.74 Å². The Hall–Kier alpha value is -1.09. The van der Waals surface area contributed by atoms with Gasteiger partial charge in [-0.05, 0) is 30.4 Å². The van der Waals surface area contributed by atoms with Gasteiger partial charge in [0.15, 0.2) is 0 Å². The van der Waals surface area contributed by atoms with E-state index in [0.29, 0.717) is 6.54 Å². The van der Waals surface area contributed by atoms with Crippen molar-refractivity contribution in [3.8, 4) is 5.88 Å². The molecule has 1 aliphatic carbocycles. The molecule has 17 heavy (non-hydrogen) atoms. The molecule has 2 N–H and O–H groups in total. The summed E-state index contributed by atoms with van der Waals surface area (Å²) in [6.45, 7) is 7.79. The molecule has 0 atom stereocenters. The Bertz CT molecular complexity index is 392. The number of aromatic nitrogens is 1. The minimum absolute atomic E-state index is 0.0306. The fourth-order valence-electron chi connectivity index (χ4n) is 1.62. The average molecular weight is 234 g/mol. The van der Waals surface area contributed by atoms with Gasteiger partial charge in [0.2, 0.25) is 5.88 Å². The van der Waals surface area contributed by atoms with Crippen molar-refractivity contribution in [2.24, 2.45) is 11.7 Å². The highest BCUT2D eigenvalue weighted by Gasteiger charge is 2.23. The van der Waals surface area contributed by atoms with Crippen LogP contribution in [0.5, 0.6) is 5.88 Å². The third-order valence-electron chi connectivity index (χ3n) is 3.03. The van der Waals surface area contributed by atoms with Crippen molar-refractivity contribution in [2.75, 3.05) is 6.61 Å². The molecule has 0 unspecified atom stereocenters. The highest BCUT2D eigenvalue weighted by Crippen LogP contribution is 2.30. The first kappa shape index (κ1) is 12.4. The number of hydrogen-bond donors (Lipinski definition) is 1. The van der Waals surface area contributed by atoms with Crippen molar-refractivity contribution in [3.63, 3.8) is 0 Å². The summed E-state index contributed by atoms with van der Waals surface area (Å²) in [6.07, 6.45) is 2.59. The first-order chi connectivity index (χ1) is 7.99. The van der Waals surface area contributed by atoms with Crippen molar-refractivity contribution in [3.05, 3.63) is 23.4 Å². The van der Waals surface area contributed by atoms with E-state index in [-0.39, 0.29) is 5.41 Å². The molecule has 94 valence electrons. The molecule has 0 aromatic carbocycles. The van der Waals surface area contributed by atoms with Gasteiger partial charge in [-0.3, -0.25) is 0 Å². The number of hydrogen-bond acceptors (Lipinski definition) is 3. The summed E-state index contributed by atoms with van der Waals surface area (Å²) in [5, 5.41) is 0. The van der Waals surface area contributed by atoms with Gasteiger partial charge in [0.1, 0.15) is 0 Å². The van der Waals surface area contributed by atoms with Gasteiger partial charge in [0.05, 0.1) is 12.3 Å². The summed E-state index contributed by atoms with van der Waals surface area (Å²) in [5.41, 5.74) is 7.89. The van der Waals surface area contributed by atoms with Crippen LogP contribution in [-0.4, -0.2) is 11.6 Å². The van der Waals surface area contributed by atoms with E-state index >= 15 is 0 Å². The van der Waals surface area contributed by atoms with E-state index in [4.69, 9.17) is 10.5 Å². The Labute approximate surface area is 103 Å². The maximum Gasteiger partial charge on any atom is 0.213 e. The SMILES string of the molecule is CC(C)(C)c1cc(CN)cc(OCC2CC2)n1. The Morgan fingerprint density at radius 1 is 1.35 bits per heavy atom. The second-order valence-corrected chi connectivity index (χ2v) is 5.91. The normalized spacial score (nSPS) is 16.0. The molecule has 1 saturated carbocycles. The van der Waals surface area contributed by atoms with Gasteiger partial charge < -0.3 is 10.5 Å². The molecule has 0 saturated heterocycles. The minimum Gasteiger partial charge on any atom is -0.477 e. The molecule has 1 heterocycles. The topological polar surface area (TPSA) is 48.1 Å². The molecule has 1 fully saturated rings. The Morgan fingerprint density at radius 3 is 2.59 bits per heavy atom. The highest BCUT2D eigenvalue weighted by atomic mass is 16.5. The Morgan fingerprint density at radius 2 is 2.06 bits per heavy atom. The first-order valence-corrected chi connectivity index (χ1v) is 6.33. The van der Waals surface area contributed by atoms with Gasteiger partial charge in [-0.25, -0.2) is 4.98 Å². The average Bonchev–Trinajstić information content (AvgIpc) is 3.08. The van der Waals surface area contributed by atoms with Gasteiger partial charge in [0.25, 0.3) is 0 Å². The second kappa shape index (κ2) is 4.65. The molecule has 1 aromatic rings. The molecule has 3 nitrogen and oxygen atoms in total. The number of nitrogens with two attached hydrogens (primary N) is 1. The molecule has 1 aromatic heterocycles. The van der Waals surface area contributed by atoms with Crippen LogP contribution in [0.15, 0.2) is 12.1 Å². The molecule has 3 heteroatoms. The van der Waals surface area contributed by atoms with E-state index in [9.17, 15) is 0 Å². The summed E-state index contributed by atoms with van der Waals surface area (Å²) < 4.78 is 5.74. The fourth-order valence-corrected chi connectivity index (χ4v) is 1.62. The van der Waals surface area contributed by atoms with E-state index in [2.05, 4.69) is 31.8 Å². The largest absolute Gasteiger partial charge is 0.477 e. The van der Waals surface area contributed by atoms with E-state index in [1.165, 1.54) is 12.8 Å². The van der Waals surface area contributed by atoms with Gasteiger partial charge in [-0.15, -0.1) is 0 Å². The van der Waals surface area contributed by atoms with Crippen LogP contribution in [0.1, 0.15) is 44.9 Å². The molecule has 2 rings (SSSR count). The van der Waals surface area contributed by atoms with Crippen molar-refractivity contribution >= 4 is 0 Å². The summed E-state index contributed by atoms with van der Waals surface area (Å²) in [7, 11) is 0. The number of pyridine rings is 1. The maximum absolute atomic E-state index is 5.74. The van der Waals surface area contributed by atoms with Crippen LogP contribution in [0.2, 0.25) is 0 Å². The lowest BCUT2D eigenvalue weighted by molar-refractivity contribution is 0.286.